The maximum absolute atomic E-state index is 11.2. The van der Waals surface area contributed by atoms with Crippen LogP contribution in [0.4, 0.5) is 0 Å². The van der Waals surface area contributed by atoms with Gasteiger partial charge in [-0.1, -0.05) is 20.4 Å². The normalized spacial score (nSPS) is 64.1. The van der Waals surface area contributed by atoms with E-state index in [9.17, 15) is 5.11 Å². The van der Waals surface area contributed by atoms with E-state index in [1.54, 1.807) is 0 Å². The molecule has 3 nitrogen and oxygen atoms in total. The molecule has 0 aromatic carbocycles. The Balaban J connectivity index is 1.57. The molecule has 4 saturated heterocycles. The van der Waals surface area contributed by atoms with Gasteiger partial charge in [0, 0.05) is 10.8 Å². The van der Waals surface area contributed by atoms with Gasteiger partial charge in [0.2, 0.25) is 0 Å². The Morgan fingerprint density at radius 1 is 1.04 bits per heavy atom. The molecule has 4 saturated carbocycles. The van der Waals surface area contributed by atoms with Crippen LogP contribution in [0.1, 0.15) is 52.4 Å². The van der Waals surface area contributed by atoms with E-state index in [0.29, 0.717) is 23.9 Å². The number of aliphatic hydroxyl groups excluding tert-OH is 1. The first-order valence-electron chi connectivity index (χ1n) is 9.60. The third-order valence-electron chi connectivity index (χ3n) is 9.37. The van der Waals surface area contributed by atoms with Crippen LogP contribution in [0.3, 0.4) is 0 Å². The fourth-order valence-corrected chi connectivity index (χ4v) is 8.47. The fraction of sp³-hybridized carbons (Fsp3) is 0.900. The average molecular weight is 316 g/mol. The third kappa shape index (κ3) is 1.19. The van der Waals surface area contributed by atoms with E-state index in [1.807, 2.05) is 0 Å². The second-order valence-electron chi connectivity index (χ2n) is 9.96. The minimum Gasteiger partial charge on any atom is -0.388 e. The zero-order chi connectivity index (χ0) is 15.8. The van der Waals surface area contributed by atoms with Gasteiger partial charge in [0.25, 0.3) is 0 Å². The topological polar surface area (TPSA) is 38.7 Å². The number of hydrogen-bond donors (Lipinski definition) is 1. The molecule has 4 heterocycles. The molecule has 0 amide bonds. The van der Waals surface area contributed by atoms with E-state index in [-0.39, 0.29) is 34.7 Å². The summed E-state index contributed by atoms with van der Waals surface area (Å²) in [5, 5.41) is 11.2. The molecule has 8 aliphatic rings. The van der Waals surface area contributed by atoms with Crippen LogP contribution in [-0.4, -0.2) is 29.7 Å². The van der Waals surface area contributed by atoms with Crippen molar-refractivity contribution in [1.29, 1.82) is 0 Å². The highest BCUT2D eigenvalue weighted by Gasteiger charge is 2.79. The van der Waals surface area contributed by atoms with Gasteiger partial charge in [-0.05, 0) is 67.3 Å². The van der Waals surface area contributed by atoms with Gasteiger partial charge in [0.05, 0.1) is 18.3 Å². The standard InChI is InChI=1S/C20H28O3/c1-10-11-4-5-12-19-7-6-14-18(2,3)13(19)8-15(23-17(19)22-14)20(12,9-11)16(10)21/h11-17,21H,1,4-9H2,2-3H3/t11-,12+,13-,14-,15-,16-,17-,19-,20-/m1/s1. The lowest BCUT2D eigenvalue weighted by molar-refractivity contribution is -0.452. The van der Waals surface area contributed by atoms with Gasteiger partial charge in [-0.15, -0.1) is 0 Å². The quantitative estimate of drug-likeness (QED) is 0.697. The van der Waals surface area contributed by atoms with Crippen LogP contribution in [-0.2, 0) is 9.47 Å². The van der Waals surface area contributed by atoms with E-state index in [1.165, 1.54) is 25.7 Å². The molecule has 0 aromatic rings. The number of ether oxygens (including phenoxy) is 2. The van der Waals surface area contributed by atoms with Crippen molar-refractivity contribution < 1.29 is 14.6 Å². The number of hydrogen-bond acceptors (Lipinski definition) is 3. The molecule has 0 aromatic heterocycles. The first-order valence-corrected chi connectivity index (χ1v) is 9.60. The van der Waals surface area contributed by atoms with Crippen molar-refractivity contribution in [2.75, 3.05) is 0 Å². The van der Waals surface area contributed by atoms with Gasteiger partial charge in [0.1, 0.15) is 0 Å². The summed E-state index contributed by atoms with van der Waals surface area (Å²) in [6.07, 6.45) is 7.23. The van der Waals surface area contributed by atoms with Crippen LogP contribution in [0.15, 0.2) is 12.2 Å². The maximum Gasteiger partial charge on any atom is 0.164 e. The molecule has 8 rings (SSSR count). The van der Waals surface area contributed by atoms with Crippen LogP contribution < -0.4 is 0 Å². The Labute approximate surface area is 138 Å². The molecule has 8 fully saturated rings. The van der Waals surface area contributed by atoms with E-state index in [0.717, 1.165) is 18.4 Å². The number of aliphatic hydroxyl groups is 1. The molecule has 4 aliphatic heterocycles. The van der Waals surface area contributed by atoms with Crippen LogP contribution in [0.25, 0.3) is 0 Å². The van der Waals surface area contributed by atoms with E-state index >= 15 is 0 Å². The second-order valence-corrected chi connectivity index (χ2v) is 9.96. The van der Waals surface area contributed by atoms with Gasteiger partial charge < -0.3 is 14.6 Å². The van der Waals surface area contributed by atoms with Crippen LogP contribution in [0, 0.1) is 34.0 Å². The zero-order valence-electron chi connectivity index (χ0n) is 14.3. The van der Waals surface area contributed by atoms with Crippen molar-refractivity contribution in [2.24, 2.45) is 34.0 Å². The summed E-state index contributed by atoms with van der Waals surface area (Å²) in [6, 6.07) is 0. The molecule has 0 unspecified atom stereocenters. The first-order chi connectivity index (χ1) is 10.9. The highest BCUT2D eigenvalue weighted by molar-refractivity contribution is 5.32. The second kappa shape index (κ2) is 3.73. The Morgan fingerprint density at radius 2 is 1.83 bits per heavy atom. The van der Waals surface area contributed by atoms with E-state index in [2.05, 4.69) is 20.4 Å². The summed E-state index contributed by atoms with van der Waals surface area (Å²) in [6.45, 7) is 9.11. The minimum absolute atomic E-state index is 0.00809. The molecule has 2 spiro atoms. The van der Waals surface area contributed by atoms with Gasteiger partial charge in [-0.2, -0.15) is 0 Å². The highest BCUT2D eigenvalue weighted by Crippen LogP contribution is 2.78. The summed E-state index contributed by atoms with van der Waals surface area (Å²) in [5.74, 6) is 1.77. The predicted molar refractivity (Wildman–Crippen MR) is 85.5 cm³/mol. The molecule has 3 heteroatoms. The third-order valence-corrected chi connectivity index (χ3v) is 9.37. The Kier molecular flexibility index (Phi) is 2.25. The van der Waals surface area contributed by atoms with Crippen molar-refractivity contribution in [2.45, 2.75) is 77.0 Å². The van der Waals surface area contributed by atoms with Crippen molar-refractivity contribution in [3.8, 4) is 0 Å². The summed E-state index contributed by atoms with van der Waals surface area (Å²) >= 11 is 0. The molecule has 23 heavy (non-hydrogen) atoms. The summed E-state index contributed by atoms with van der Waals surface area (Å²) < 4.78 is 13.0. The summed E-state index contributed by atoms with van der Waals surface area (Å²) in [7, 11) is 0. The molecular formula is C20H28O3. The Bertz CT molecular complexity index is 612. The molecule has 9 atom stereocenters. The number of rotatable bonds is 0. The van der Waals surface area contributed by atoms with Crippen molar-refractivity contribution in [3.05, 3.63) is 12.2 Å². The van der Waals surface area contributed by atoms with Crippen molar-refractivity contribution >= 4 is 0 Å². The molecule has 0 radical (unpaired) electrons. The maximum atomic E-state index is 11.2. The van der Waals surface area contributed by atoms with Crippen LogP contribution in [0.2, 0.25) is 0 Å². The van der Waals surface area contributed by atoms with Gasteiger partial charge in [-0.25, -0.2) is 0 Å². The summed E-state index contributed by atoms with van der Waals surface area (Å²) in [5.41, 5.74) is 1.43. The molecule has 7 bridgehead atoms. The molecular weight excluding hydrogens is 288 g/mol. The smallest absolute Gasteiger partial charge is 0.164 e. The first kappa shape index (κ1) is 13.9. The predicted octanol–water partition coefficient (Wildman–Crippen LogP) is 3.27. The van der Waals surface area contributed by atoms with Crippen molar-refractivity contribution in [1.82, 2.24) is 0 Å². The van der Waals surface area contributed by atoms with Crippen molar-refractivity contribution in [3.63, 3.8) is 0 Å². The van der Waals surface area contributed by atoms with Crippen LogP contribution in [0.5, 0.6) is 0 Å². The van der Waals surface area contributed by atoms with Gasteiger partial charge >= 0.3 is 0 Å². The SMILES string of the molecule is C=C1[C@@H]2CC[C@@H]3[C@@](C2)([C@@H]1O)[C@H]1C[C@@H]2C(C)(C)[C@H]4CC[C@@]32[C@H](O4)O1. The largest absolute Gasteiger partial charge is 0.388 e. The van der Waals surface area contributed by atoms with Gasteiger partial charge in [-0.3, -0.25) is 0 Å². The molecule has 4 aliphatic carbocycles. The Hall–Kier alpha value is -0.380. The van der Waals surface area contributed by atoms with Crippen LogP contribution >= 0.6 is 0 Å². The lowest BCUT2D eigenvalue weighted by Gasteiger charge is -2.76. The lowest BCUT2D eigenvalue weighted by atomic mass is 9.36. The Morgan fingerprint density at radius 3 is 2.65 bits per heavy atom. The average Bonchev–Trinajstić information content (AvgIpc) is 2.73. The summed E-state index contributed by atoms with van der Waals surface area (Å²) in [4.78, 5) is 0. The monoisotopic (exact) mass is 316 g/mol. The fourth-order valence-electron chi connectivity index (χ4n) is 8.47. The molecule has 126 valence electrons. The lowest BCUT2D eigenvalue weighted by Crippen LogP contribution is -2.79. The number of fused-ring (bicyclic) bond motifs is 2. The van der Waals surface area contributed by atoms with E-state index in [4.69, 9.17) is 9.47 Å². The van der Waals surface area contributed by atoms with Gasteiger partial charge in [0.15, 0.2) is 6.29 Å². The highest BCUT2D eigenvalue weighted by atomic mass is 16.7. The zero-order valence-corrected chi connectivity index (χ0v) is 14.3. The molecule has 1 N–H and O–H groups in total. The van der Waals surface area contributed by atoms with E-state index < -0.39 is 0 Å². The minimum atomic E-state index is -0.357.